The van der Waals surface area contributed by atoms with Gasteiger partial charge in [0.2, 0.25) is 0 Å². The summed E-state index contributed by atoms with van der Waals surface area (Å²) >= 11 is 0. The van der Waals surface area contributed by atoms with Crippen LogP contribution in [-0.4, -0.2) is 17.6 Å². The molecule has 1 aliphatic rings. The summed E-state index contributed by atoms with van der Waals surface area (Å²) in [5.74, 6) is -0.328. The molecule has 0 radical (unpaired) electrons. The third-order valence-electron chi connectivity index (χ3n) is 4.60. The Balaban J connectivity index is 1.87. The molecule has 3 heteroatoms. The molecule has 0 atom stereocenters. The Morgan fingerprint density at radius 3 is 2.79 bits per heavy atom. The molecule has 3 nitrogen and oxygen atoms in total. The van der Waals surface area contributed by atoms with Crippen molar-refractivity contribution < 1.29 is 9.53 Å². The minimum absolute atomic E-state index is 0.328. The van der Waals surface area contributed by atoms with Crippen molar-refractivity contribution in [2.45, 2.75) is 19.4 Å². The van der Waals surface area contributed by atoms with E-state index in [9.17, 15) is 4.79 Å². The van der Waals surface area contributed by atoms with Gasteiger partial charge in [-0.15, -0.1) is 0 Å². The minimum Gasteiger partial charge on any atom is -0.466 e. The van der Waals surface area contributed by atoms with Crippen LogP contribution in [0, 0.1) is 0 Å². The van der Waals surface area contributed by atoms with Crippen LogP contribution in [0.3, 0.4) is 0 Å². The van der Waals surface area contributed by atoms with Crippen LogP contribution in [-0.2, 0) is 22.5 Å². The van der Waals surface area contributed by atoms with Crippen molar-refractivity contribution >= 4 is 22.9 Å². The standard InChI is InChI=1S/C21H19NO2/c1-24-20(23)10-9-15-12-17-8-5-11-22-19(14-18(13-15)21(17)22)16-6-3-2-4-7-16/h2-4,6-7,9-10,12-14H,5,8,11H2,1H3/b10-9+. The summed E-state index contributed by atoms with van der Waals surface area (Å²) in [6.07, 6.45) is 5.52. The van der Waals surface area contributed by atoms with Crippen molar-refractivity contribution in [3.8, 4) is 11.3 Å². The Morgan fingerprint density at radius 1 is 1.17 bits per heavy atom. The molecular formula is C21H19NO2. The quantitative estimate of drug-likeness (QED) is 0.528. The largest absolute Gasteiger partial charge is 0.466 e. The highest BCUT2D eigenvalue weighted by Gasteiger charge is 2.18. The van der Waals surface area contributed by atoms with Crippen LogP contribution in [0.4, 0.5) is 0 Å². The van der Waals surface area contributed by atoms with Crippen LogP contribution in [0.25, 0.3) is 28.2 Å². The highest BCUT2D eigenvalue weighted by molar-refractivity contribution is 5.93. The first kappa shape index (κ1) is 14.8. The first-order valence-electron chi connectivity index (χ1n) is 8.24. The Labute approximate surface area is 141 Å². The molecular weight excluding hydrogens is 298 g/mol. The highest BCUT2D eigenvalue weighted by atomic mass is 16.5. The number of aryl methyl sites for hydroxylation is 2. The van der Waals surface area contributed by atoms with E-state index in [0.29, 0.717) is 0 Å². The van der Waals surface area contributed by atoms with Gasteiger partial charge in [-0.2, -0.15) is 0 Å². The summed E-state index contributed by atoms with van der Waals surface area (Å²) in [5, 5.41) is 1.23. The number of carbonyl (C=O) groups is 1. The molecule has 0 spiro atoms. The maximum absolute atomic E-state index is 11.3. The van der Waals surface area contributed by atoms with E-state index in [2.05, 4.69) is 51.8 Å². The molecule has 1 aliphatic heterocycles. The number of carbonyl (C=O) groups excluding carboxylic acids is 1. The molecule has 0 bridgehead atoms. The molecule has 24 heavy (non-hydrogen) atoms. The van der Waals surface area contributed by atoms with Gasteiger partial charge in [-0.25, -0.2) is 4.79 Å². The molecule has 0 aliphatic carbocycles. The van der Waals surface area contributed by atoms with E-state index < -0.39 is 0 Å². The van der Waals surface area contributed by atoms with Gasteiger partial charge in [0.1, 0.15) is 0 Å². The second-order valence-corrected chi connectivity index (χ2v) is 6.13. The van der Waals surface area contributed by atoms with Gasteiger partial charge in [0.25, 0.3) is 0 Å². The molecule has 3 aromatic rings. The van der Waals surface area contributed by atoms with Crippen LogP contribution >= 0.6 is 0 Å². The molecule has 2 heterocycles. The summed E-state index contributed by atoms with van der Waals surface area (Å²) in [4.78, 5) is 11.3. The van der Waals surface area contributed by atoms with Crippen molar-refractivity contribution in [1.82, 2.24) is 4.57 Å². The second kappa shape index (κ2) is 6.00. The van der Waals surface area contributed by atoms with Crippen molar-refractivity contribution in [3.63, 3.8) is 0 Å². The minimum atomic E-state index is -0.328. The third kappa shape index (κ3) is 2.52. The number of nitrogens with zero attached hydrogens (tertiary/aromatic N) is 1. The lowest BCUT2D eigenvalue weighted by Crippen LogP contribution is -2.08. The van der Waals surface area contributed by atoms with Crippen molar-refractivity contribution in [3.05, 3.63) is 65.7 Å². The summed E-state index contributed by atoms with van der Waals surface area (Å²) in [6, 6.07) is 17.1. The van der Waals surface area contributed by atoms with Crippen molar-refractivity contribution in [1.29, 1.82) is 0 Å². The molecule has 0 N–H and O–H groups in total. The average molecular weight is 317 g/mol. The predicted octanol–water partition coefficient (Wildman–Crippen LogP) is 4.44. The Hall–Kier alpha value is -2.81. The van der Waals surface area contributed by atoms with Gasteiger partial charge in [0, 0.05) is 23.7 Å². The zero-order valence-electron chi connectivity index (χ0n) is 13.7. The molecule has 0 unspecified atom stereocenters. The number of hydrogen-bond acceptors (Lipinski definition) is 2. The van der Waals surface area contributed by atoms with Crippen LogP contribution < -0.4 is 0 Å². The van der Waals surface area contributed by atoms with E-state index in [1.165, 1.54) is 40.9 Å². The van der Waals surface area contributed by atoms with Crippen LogP contribution in [0.2, 0.25) is 0 Å². The van der Waals surface area contributed by atoms with Gasteiger partial charge in [-0.05, 0) is 53.8 Å². The number of hydrogen-bond donors (Lipinski definition) is 0. The highest BCUT2D eigenvalue weighted by Crippen LogP contribution is 2.35. The van der Waals surface area contributed by atoms with Crippen molar-refractivity contribution in [2.24, 2.45) is 0 Å². The van der Waals surface area contributed by atoms with Gasteiger partial charge < -0.3 is 9.30 Å². The second-order valence-electron chi connectivity index (χ2n) is 6.13. The maximum Gasteiger partial charge on any atom is 0.330 e. The number of aromatic nitrogens is 1. The van der Waals surface area contributed by atoms with Crippen LogP contribution in [0.15, 0.2) is 54.6 Å². The van der Waals surface area contributed by atoms with Crippen molar-refractivity contribution in [2.75, 3.05) is 7.11 Å². The molecule has 0 amide bonds. The van der Waals surface area contributed by atoms with E-state index in [4.69, 9.17) is 0 Å². The molecule has 2 aromatic carbocycles. The van der Waals surface area contributed by atoms with Gasteiger partial charge in [-0.3, -0.25) is 0 Å². The summed E-state index contributed by atoms with van der Waals surface area (Å²) in [6.45, 7) is 1.05. The van der Waals surface area contributed by atoms with E-state index in [1.54, 1.807) is 0 Å². The number of ether oxygens (including phenoxy) is 1. The average Bonchev–Trinajstić information content (AvgIpc) is 3.01. The number of esters is 1. The summed E-state index contributed by atoms with van der Waals surface area (Å²) in [5.41, 5.74) is 6.23. The molecule has 0 fully saturated rings. The van der Waals surface area contributed by atoms with E-state index in [0.717, 1.165) is 24.9 Å². The predicted molar refractivity (Wildman–Crippen MR) is 96.7 cm³/mol. The fourth-order valence-electron chi connectivity index (χ4n) is 3.56. The fourth-order valence-corrected chi connectivity index (χ4v) is 3.56. The topological polar surface area (TPSA) is 31.2 Å². The normalized spacial score (nSPS) is 13.5. The lowest BCUT2D eigenvalue weighted by molar-refractivity contribution is -0.134. The Morgan fingerprint density at radius 2 is 2.00 bits per heavy atom. The molecule has 0 saturated heterocycles. The lowest BCUT2D eigenvalue weighted by atomic mass is 10.00. The van der Waals surface area contributed by atoms with Gasteiger partial charge in [0.15, 0.2) is 0 Å². The van der Waals surface area contributed by atoms with Gasteiger partial charge >= 0.3 is 5.97 Å². The Bertz CT molecular complexity index is 935. The smallest absolute Gasteiger partial charge is 0.330 e. The van der Waals surface area contributed by atoms with E-state index in [-0.39, 0.29) is 5.97 Å². The van der Waals surface area contributed by atoms with Crippen LogP contribution in [0.5, 0.6) is 0 Å². The Kier molecular flexibility index (Phi) is 3.69. The number of methoxy groups -OCH3 is 1. The summed E-state index contributed by atoms with van der Waals surface area (Å²) < 4.78 is 7.11. The van der Waals surface area contributed by atoms with Gasteiger partial charge in [0.05, 0.1) is 12.6 Å². The SMILES string of the molecule is COC(=O)/C=C/c1cc2c3c(c1)cc(-c1ccccc1)n3CCC2. The van der Waals surface area contributed by atoms with Gasteiger partial charge in [-0.1, -0.05) is 30.3 Å². The van der Waals surface area contributed by atoms with E-state index >= 15 is 0 Å². The number of rotatable bonds is 3. The van der Waals surface area contributed by atoms with E-state index in [1.807, 2.05) is 12.1 Å². The molecule has 4 rings (SSSR count). The summed E-state index contributed by atoms with van der Waals surface area (Å²) in [7, 11) is 1.39. The molecule has 0 saturated carbocycles. The monoisotopic (exact) mass is 317 g/mol. The fraction of sp³-hybridized carbons (Fsp3) is 0.190. The zero-order valence-corrected chi connectivity index (χ0v) is 13.7. The first-order chi connectivity index (χ1) is 11.8. The lowest BCUT2D eigenvalue weighted by Gasteiger charge is -2.18. The molecule has 120 valence electrons. The first-order valence-corrected chi connectivity index (χ1v) is 8.24. The number of benzene rings is 2. The zero-order chi connectivity index (χ0) is 16.5. The van der Waals surface area contributed by atoms with Crippen LogP contribution in [0.1, 0.15) is 17.5 Å². The maximum atomic E-state index is 11.3. The third-order valence-corrected chi connectivity index (χ3v) is 4.60. The molecule has 1 aromatic heterocycles.